The topological polar surface area (TPSA) is 35.5 Å². The van der Waals surface area contributed by atoms with E-state index < -0.39 is 0 Å². The second-order valence-electron chi connectivity index (χ2n) is 8.11. The number of carbonyl (C=O) groups excluding carboxylic acids is 1. The Morgan fingerprint density at radius 2 is 1.95 bits per heavy atom. The Hall–Kier alpha value is -0.570. The standard InChI is InChI=1S/C17H28O3/c1-6-19-14-11-10-16(4)9-7-8-15(2,3)17(16,5)12(11)13(18)20-14/h11-12,14H,6-10H2,1-5H3/t11-,12+,14-,16-,17-/m1/s1. The highest BCUT2D eigenvalue weighted by Crippen LogP contribution is 2.73. The minimum atomic E-state index is -0.312. The third kappa shape index (κ3) is 1.53. The quantitative estimate of drug-likeness (QED) is 0.722. The summed E-state index contributed by atoms with van der Waals surface area (Å²) in [6.07, 6.45) is 4.45. The van der Waals surface area contributed by atoms with E-state index in [1.165, 1.54) is 19.3 Å². The Kier molecular flexibility index (Phi) is 3.03. The van der Waals surface area contributed by atoms with Crippen molar-refractivity contribution in [3.05, 3.63) is 0 Å². The molecule has 1 aliphatic heterocycles. The van der Waals surface area contributed by atoms with Crippen LogP contribution in [0.3, 0.4) is 0 Å². The van der Waals surface area contributed by atoms with Crippen LogP contribution < -0.4 is 0 Å². The van der Waals surface area contributed by atoms with E-state index in [0.717, 1.165) is 6.42 Å². The van der Waals surface area contributed by atoms with Gasteiger partial charge in [-0.3, -0.25) is 4.79 Å². The summed E-state index contributed by atoms with van der Waals surface area (Å²) < 4.78 is 11.3. The number of esters is 1. The van der Waals surface area contributed by atoms with E-state index in [4.69, 9.17) is 9.47 Å². The molecule has 2 saturated carbocycles. The number of carbonyl (C=O) groups is 1. The zero-order valence-corrected chi connectivity index (χ0v) is 13.5. The van der Waals surface area contributed by atoms with Gasteiger partial charge in [0.1, 0.15) is 0 Å². The van der Waals surface area contributed by atoms with Gasteiger partial charge in [-0.1, -0.05) is 34.1 Å². The molecule has 3 fully saturated rings. The Labute approximate surface area is 122 Å². The summed E-state index contributed by atoms with van der Waals surface area (Å²) in [7, 11) is 0. The average Bonchev–Trinajstić information content (AvgIpc) is 2.76. The maximum Gasteiger partial charge on any atom is 0.312 e. The summed E-state index contributed by atoms with van der Waals surface area (Å²) >= 11 is 0. The van der Waals surface area contributed by atoms with E-state index in [2.05, 4.69) is 27.7 Å². The van der Waals surface area contributed by atoms with Gasteiger partial charge in [0, 0.05) is 12.5 Å². The van der Waals surface area contributed by atoms with Gasteiger partial charge in [0.15, 0.2) is 0 Å². The lowest BCUT2D eigenvalue weighted by Gasteiger charge is -2.57. The number of hydrogen-bond donors (Lipinski definition) is 0. The van der Waals surface area contributed by atoms with E-state index in [-0.39, 0.29) is 40.3 Å². The minimum absolute atomic E-state index is 0.0133. The Bertz CT molecular complexity index is 430. The molecular formula is C17H28O3. The molecule has 0 aromatic carbocycles. The van der Waals surface area contributed by atoms with E-state index in [1.54, 1.807) is 0 Å². The second-order valence-corrected chi connectivity index (χ2v) is 8.11. The normalized spacial score (nSPS) is 49.6. The van der Waals surface area contributed by atoms with Crippen molar-refractivity contribution in [2.24, 2.45) is 28.1 Å². The van der Waals surface area contributed by atoms with Crippen molar-refractivity contribution in [3.8, 4) is 0 Å². The molecule has 0 N–H and O–H groups in total. The number of fused-ring (bicyclic) bond motifs is 3. The van der Waals surface area contributed by atoms with Gasteiger partial charge in [-0.25, -0.2) is 0 Å². The van der Waals surface area contributed by atoms with Crippen LogP contribution in [0.15, 0.2) is 0 Å². The SMILES string of the molecule is CCO[C@@H]1OC(=O)[C@@H]2[C@H]1C[C@@]1(C)CCCC(C)(C)[C@@]21C. The lowest BCUT2D eigenvalue weighted by molar-refractivity contribution is -0.177. The van der Waals surface area contributed by atoms with Crippen LogP contribution in [0.25, 0.3) is 0 Å². The van der Waals surface area contributed by atoms with Gasteiger partial charge in [0.2, 0.25) is 6.29 Å². The lowest BCUT2D eigenvalue weighted by Crippen LogP contribution is -2.52. The zero-order chi connectivity index (χ0) is 14.8. The Morgan fingerprint density at radius 3 is 2.60 bits per heavy atom. The van der Waals surface area contributed by atoms with Crippen molar-refractivity contribution in [3.63, 3.8) is 0 Å². The molecule has 0 unspecified atom stereocenters. The molecule has 3 aliphatic rings. The molecule has 1 heterocycles. The van der Waals surface area contributed by atoms with Crippen LogP contribution in [0, 0.1) is 28.1 Å². The first kappa shape index (κ1) is 14.4. The van der Waals surface area contributed by atoms with Crippen molar-refractivity contribution in [2.45, 2.75) is 66.6 Å². The first-order valence-electron chi connectivity index (χ1n) is 8.09. The minimum Gasteiger partial charge on any atom is -0.435 e. The fourth-order valence-corrected chi connectivity index (χ4v) is 5.69. The van der Waals surface area contributed by atoms with Crippen molar-refractivity contribution in [2.75, 3.05) is 6.61 Å². The molecule has 0 aromatic heterocycles. The molecular weight excluding hydrogens is 252 g/mol. The predicted molar refractivity (Wildman–Crippen MR) is 76.9 cm³/mol. The summed E-state index contributed by atoms with van der Waals surface area (Å²) in [6.45, 7) is 12.0. The molecule has 5 atom stereocenters. The van der Waals surface area contributed by atoms with Gasteiger partial charge in [-0.15, -0.1) is 0 Å². The van der Waals surface area contributed by atoms with Gasteiger partial charge in [0.25, 0.3) is 0 Å². The molecule has 3 rings (SSSR count). The van der Waals surface area contributed by atoms with Crippen LogP contribution in [0.4, 0.5) is 0 Å². The van der Waals surface area contributed by atoms with Gasteiger partial charge in [0.05, 0.1) is 5.92 Å². The number of hydrogen-bond acceptors (Lipinski definition) is 3. The van der Waals surface area contributed by atoms with Crippen LogP contribution in [0.2, 0.25) is 0 Å². The molecule has 0 bridgehead atoms. The van der Waals surface area contributed by atoms with Crippen molar-refractivity contribution < 1.29 is 14.3 Å². The van der Waals surface area contributed by atoms with E-state index in [1.807, 2.05) is 6.92 Å². The zero-order valence-electron chi connectivity index (χ0n) is 13.5. The van der Waals surface area contributed by atoms with E-state index in [9.17, 15) is 4.79 Å². The molecule has 0 amide bonds. The summed E-state index contributed by atoms with van der Waals surface area (Å²) in [5.74, 6) is 0.240. The van der Waals surface area contributed by atoms with Crippen molar-refractivity contribution in [1.82, 2.24) is 0 Å². The Balaban J connectivity index is 2.04. The third-order valence-corrected chi connectivity index (χ3v) is 7.09. The first-order valence-corrected chi connectivity index (χ1v) is 8.09. The second kappa shape index (κ2) is 4.22. The highest BCUT2D eigenvalue weighted by molar-refractivity contribution is 5.77. The van der Waals surface area contributed by atoms with Gasteiger partial charge < -0.3 is 9.47 Å². The van der Waals surface area contributed by atoms with E-state index >= 15 is 0 Å². The molecule has 0 aromatic rings. The van der Waals surface area contributed by atoms with Gasteiger partial charge in [-0.05, 0) is 42.4 Å². The molecule has 3 nitrogen and oxygen atoms in total. The van der Waals surface area contributed by atoms with Crippen LogP contribution in [-0.4, -0.2) is 18.9 Å². The lowest BCUT2D eigenvalue weighted by atomic mass is 9.46. The summed E-state index contributed by atoms with van der Waals surface area (Å²) in [6, 6.07) is 0. The van der Waals surface area contributed by atoms with Gasteiger partial charge in [-0.2, -0.15) is 0 Å². The highest BCUT2D eigenvalue weighted by atomic mass is 16.7. The molecule has 1 saturated heterocycles. The highest BCUT2D eigenvalue weighted by Gasteiger charge is 2.71. The smallest absolute Gasteiger partial charge is 0.312 e. The maximum absolute atomic E-state index is 12.5. The number of rotatable bonds is 2. The Morgan fingerprint density at radius 1 is 1.25 bits per heavy atom. The molecule has 20 heavy (non-hydrogen) atoms. The largest absolute Gasteiger partial charge is 0.435 e. The summed E-state index contributed by atoms with van der Waals surface area (Å²) in [5.41, 5.74) is 0.435. The molecule has 2 aliphatic carbocycles. The van der Waals surface area contributed by atoms with Crippen LogP contribution in [0.5, 0.6) is 0 Å². The average molecular weight is 280 g/mol. The van der Waals surface area contributed by atoms with Crippen LogP contribution in [0.1, 0.15) is 60.3 Å². The first-order chi connectivity index (χ1) is 9.27. The number of cyclic esters (lactones) is 1. The predicted octanol–water partition coefficient (Wildman–Crippen LogP) is 3.76. The summed E-state index contributed by atoms with van der Waals surface area (Å²) in [4.78, 5) is 12.5. The molecule has 114 valence electrons. The fourth-order valence-electron chi connectivity index (χ4n) is 5.69. The fraction of sp³-hybridized carbons (Fsp3) is 0.941. The van der Waals surface area contributed by atoms with Gasteiger partial charge >= 0.3 is 5.97 Å². The third-order valence-electron chi connectivity index (χ3n) is 7.09. The number of ether oxygens (including phenoxy) is 2. The molecule has 0 radical (unpaired) electrons. The van der Waals surface area contributed by atoms with Crippen LogP contribution >= 0.6 is 0 Å². The van der Waals surface area contributed by atoms with E-state index in [0.29, 0.717) is 6.61 Å². The van der Waals surface area contributed by atoms with Crippen molar-refractivity contribution in [1.29, 1.82) is 0 Å². The summed E-state index contributed by atoms with van der Waals surface area (Å²) in [5, 5.41) is 0. The van der Waals surface area contributed by atoms with Crippen molar-refractivity contribution >= 4 is 5.97 Å². The van der Waals surface area contributed by atoms with Crippen LogP contribution in [-0.2, 0) is 14.3 Å². The maximum atomic E-state index is 12.5. The monoisotopic (exact) mass is 280 g/mol. The molecule has 0 spiro atoms. The molecule has 3 heteroatoms.